The molecule has 2 aromatic heterocycles. The minimum absolute atomic E-state index is 0.0724. The first-order chi connectivity index (χ1) is 9.11. The van der Waals surface area contributed by atoms with Gasteiger partial charge in [0.05, 0.1) is 13.7 Å². The van der Waals surface area contributed by atoms with E-state index < -0.39 is 5.97 Å². The van der Waals surface area contributed by atoms with Gasteiger partial charge in [-0.1, -0.05) is 0 Å². The van der Waals surface area contributed by atoms with E-state index >= 15 is 0 Å². The average Bonchev–Trinajstić information content (AvgIpc) is 2.99. The third-order valence-electron chi connectivity index (χ3n) is 2.51. The summed E-state index contributed by atoms with van der Waals surface area (Å²) in [6.07, 6.45) is 3.59. The Kier molecular flexibility index (Phi) is 4.00. The molecule has 3 N–H and O–H groups in total. The van der Waals surface area contributed by atoms with Gasteiger partial charge < -0.3 is 15.8 Å². The number of carbonyl (C=O) groups excluding carboxylic acids is 1. The Hall–Kier alpha value is -2.09. The van der Waals surface area contributed by atoms with Gasteiger partial charge in [0.15, 0.2) is 5.82 Å². The Balaban J connectivity index is 2.08. The summed E-state index contributed by atoms with van der Waals surface area (Å²) in [5.74, 6) is -0.300. The van der Waals surface area contributed by atoms with Crippen molar-refractivity contribution in [2.24, 2.45) is 0 Å². The molecule has 0 aliphatic carbocycles. The number of carbonyl (C=O) groups is 1. The van der Waals surface area contributed by atoms with Crippen LogP contribution in [0.1, 0.15) is 17.3 Å². The molecule has 8 heteroatoms. The minimum atomic E-state index is -0.486. The van der Waals surface area contributed by atoms with Crippen LogP contribution in [-0.2, 0) is 11.3 Å². The van der Waals surface area contributed by atoms with Crippen LogP contribution in [0.15, 0.2) is 18.5 Å². The maximum absolute atomic E-state index is 11.6. The highest BCUT2D eigenvalue weighted by Crippen LogP contribution is 2.28. The molecule has 0 saturated heterocycles. The number of rotatable bonds is 5. The molecule has 0 radical (unpaired) electrons. The number of ether oxygens (including phenoxy) is 1. The summed E-state index contributed by atoms with van der Waals surface area (Å²) in [6.45, 7) is 2.66. The van der Waals surface area contributed by atoms with Gasteiger partial charge in [-0.2, -0.15) is 9.47 Å². The van der Waals surface area contributed by atoms with Crippen molar-refractivity contribution in [2.75, 3.05) is 18.2 Å². The topological polar surface area (TPSA) is 95.1 Å². The summed E-state index contributed by atoms with van der Waals surface area (Å²) in [4.78, 5) is 11.6. The van der Waals surface area contributed by atoms with Crippen molar-refractivity contribution in [3.63, 3.8) is 0 Å². The maximum Gasteiger partial charge on any atom is 0.344 e. The second kappa shape index (κ2) is 5.70. The fraction of sp³-hybridized carbons (Fsp3) is 0.364. The van der Waals surface area contributed by atoms with Crippen molar-refractivity contribution in [2.45, 2.75) is 19.5 Å². The van der Waals surface area contributed by atoms with Crippen LogP contribution in [0.3, 0.4) is 0 Å². The van der Waals surface area contributed by atoms with Crippen LogP contribution in [-0.4, -0.2) is 33.3 Å². The predicted molar refractivity (Wildman–Crippen MR) is 73.2 cm³/mol. The summed E-state index contributed by atoms with van der Waals surface area (Å²) < 4.78 is 10.5. The van der Waals surface area contributed by atoms with Gasteiger partial charge in [0.25, 0.3) is 0 Å². The molecule has 0 bridgehead atoms. The molecule has 0 amide bonds. The number of anilines is 2. The summed E-state index contributed by atoms with van der Waals surface area (Å²) >= 11 is 1.14. The second-order valence-corrected chi connectivity index (χ2v) is 4.81. The van der Waals surface area contributed by atoms with Gasteiger partial charge in [-0.25, -0.2) is 4.79 Å². The van der Waals surface area contributed by atoms with E-state index in [0.29, 0.717) is 17.1 Å². The summed E-state index contributed by atoms with van der Waals surface area (Å²) in [7, 11) is 1.32. The Morgan fingerprint density at radius 2 is 2.47 bits per heavy atom. The van der Waals surface area contributed by atoms with E-state index in [-0.39, 0.29) is 11.9 Å². The van der Waals surface area contributed by atoms with Crippen molar-refractivity contribution in [1.29, 1.82) is 0 Å². The molecule has 102 valence electrons. The zero-order valence-corrected chi connectivity index (χ0v) is 11.5. The smallest absolute Gasteiger partial charge is 0.344 e. The highest BCUT2D eigenvalue weighted by molar-refractivity contribution is 7.11. The van der Waals surface area contributed by atoms with Gasteiger partial charge in [0.2, 0.25) is 0 Å². The van der Waals surface area contributed by atoms with E-state index in [4.69, 9.17) is 10.5 Å². The monoisotopic (exact) mass is 281 g/mol. The first kappa shape index (κ1) is 13.3. The van der Waals surface area contributed by atoms with Crippen LogP contribution in [0.4, 0.5) is 10.8 Å². The van der Waals surface area contributed by atoms with E-state index in [1.165, 1.54) is 7.11 Å². The highest BCUT2D eigenvalue weighted by Gasteiger charge is 2.21. The van der Waals surface area contributed by atoms with Crippen LogP contribution in [0, 0.1) is 0 Å². The first-order valence-corrected chi connectivity index (χ1v) is 6.46. The molecule has 0 aliphatic rings. The highest BCUT2D eigenvalue weighted by atomic mass is 32.1. The lowest BCUT2D eigenvalue weighted by Crippen LogP contribution is -2.23. The molecule has 19 heavy (non-hydrogen) atoms. The molecule has 7 nitrogen and oxygen atoms in total. The number of nitrogens with zero attached hydrogens (tertiary/aromatic N) is 3. The third kappa shape index (κ3) is 3.02. The zero-order chi connectivity index (χ0) is 13.8. The summed E-state index contributed by atoms with van der Waals surface area (Å²) in [5.41, 5.74) is 5.96. The molecule has 0 saturated carbocycles. The standard InChI is InChI=1S/C11H15N5O2S/c1-7(6-16-5-3-4-13-16)14-10-8(11(17)18-2)9(12)15-19-10/h3-5,7,14H,6H2,1-2H3,(H2,12,15). The Labute approximate surface area is 114 Å². The SMILES string of the molecule is COC(=O)c1c(N)nsc1NC(C)Cn1cccn1. The molecule has 0 spiro atoms. The Bertz CT molecular complexity index is 551. The first-order valence-electron chi connectivity index (χ1n) is 5.69. The maximum atomic E-state index is 11.6. The molecule has 0 fully saturated rings. The van der Waals surface area contributed by atoms with Gasteiger partial charge in [0, 0.05) is 18.4 Å². The third-order valence-corrected chi connectivity index (χ3v) is 3.30. The molecule has 2 rings (SSSR count). The molecular formula is C11H15N5O2S. The molecule has 1 unspecified atom stereocenters. The molecule has 1 atom stereocenters. The average molecular weight is 281 g/mol. The lowest BCUT2D eigenvalue weighted by Gasteiger charge is -2.14. The van der Waals surface area contributed by atoms with Crippen molar-refractivity contribution in [3.8, 4) is 0 Å². The van der Waals surface area contributed by atoms with Crippen molar-refractivity contribution in [1.82, 2.24) is 14.2 Å². The molecular weight excluding hydrogens is 266 g/mol. The van der Waals surface area contributed by atoms with Crippen molar-refractivity contribution >= 4 is 28.3 Å². The van der Waals surface area contributed by atoms with Crippen molar-refractivity contribution < 1.29 is 9.53 Å². The number of methoxy groups -OCH3 is 1. The number of hydrogen-bond acceptors (Lipinski definition) is 7. The van der Waals surface area contributed by atoms with Crippen LogP contribution in [0.5, 0.6) is 0 Å². The number of esters is 1. The van der Waals surface area contributed by atoms with Crippen molar-refractivity contribution in [3.05, 3.63) is 24.0 Å². The van der Waals surface area contributed by atoms with Crippen LogP contribution >= 0.6 is 11.5 Å². The molecule has 0 aliphatic heterocycles. The van der Waals surface area contributed by atoms with E-state index in [1.54, 1.807) is 10.9 Å². The number of hydrogen-bond donors (Lipinski definition) is 2. The lowest BCUT2D eigenvalue weighted by molar-refractivity contribution is 0.0603. The van der Waals surface area contributed by atoms with Gasteiger partial charge in [0.1, 0.15) is 10.6 Å². The van der Waals surface area contributed by atoms with Gasteiger partial charge in [-0.05, 0) is 24.5 Å². The molecule has 0 aromatic carbocycles. The molecule has 2 heterocycles. The van der Waals surface area contributed by atoms with E-state index in [2.05, 4.69) is 14.8 Å². The van der Waals surface area contributed by atoms with E-state index in [9.17, 15) is 4.79 Å². The quantitative estimate of drug-likeness (QED) is 0.800. The number of nitrogen functional groups attached to an aromatic ring is 1. The van der Waals surface area contributed by atoms with Crippen LogP contribution < -0.4 is 11.1 Å². The minimum Gasteiger partial charge on any atom is -0.465 e. The predicted octanol–water partition coefficient (Wildman–Crippen LogP) is 1.21. The normalized spacial score (nSPS) is 12.1. The van der Waals surface area contributed by atoms with Gasteiger partial charge in [-0.3, -0.25) is 4.68 Å². The zero-order valence-electron chi connectivity index (χ0n) is 10.7. The lowest BCUT2D eigenvalue weighted by atomic mass is 10.3. The van der Waals surface area contributed by atoms with E-state index in [0.717, 1.165) is 11.5 Å². The number of aromatic nitrogens is 3. The fourth-order valence-corrected chi connectivity index (χ4v) is 2.47. The largest absolute Gasteiger partial charge is 0.465 e. The molecule has 2 aromatic rings. The number of nitrogens with two attached hydrogens (primary N) is 1. The Morgan fingerprint density at radius 1 is 1.68 bits per heavy atom. The van der Waals surface area contributed by atoms with Gasteiger partial charge in [-0.15, -0.1) is 0 Å². The summed E-state index contributed by atoms with van der Waals surface area (Å²) in [6, 6.07) is 1.93. The van der Waals surface area contributed by atoms with Crippen LogP contribution in [0.2, 0.25) is 0 Å². The van der Waals surface area contributed by atoms with Crippen LogP contribution in [0.25, 0.3) is 0 Å². The van der Waals surface area contributed by atoms with Gasteiger partial charge >= 0.3 is 5.97 Å². The Morgan fingerprint density at radius 3 is 3.11 bits per heavy atom. The fourth-order valence-electron chi connectivity index (χ4n) is 1.66. The summed E-state index contributed by atoms with van der Waals surface area (Å²) in [5, 5.41) is 7.94. The number of nitrogens with one attached hydrogen (secondary N) is 1. The second-order valence-electron chi connectivity index (χ2n) is 4.04. The van der Waals surface area contributed by atoms with E-state index in [1.807, 2.05) is 19.2 Å².